The molecule has 0 aliphatic carbocycles. The number of carbonyl (C=O) groups excluding carboxylic acids is 1. The molecular weight excluding hydrogens is 418 g/mol. The highest BCUT2D eigenvalue weighted by Gasteiger charge is 2.19. The van der Waals surface area contributed by atoms with Crippen molar-refractivity contribution in [2.24, 2.45) is 0 Å². The van der Waals surface area contributed by atoms with Crippen LogP contribution in [0.3, 0.4) is 0 Å². The van der Waals surface area contributed by atoms with E-state index in [-0.39, 0.29) is 24.3 Å². The second-order valence-corrected chi connectivity index (χ2v) is 7.42. The van der Waals surface area contributed by atoms with Gasteiger partial charge in [0.25, 0.3) is 0 Å². The molecule has 1 heterocycles. The molecule has 0 atom stereocenters. The molecule has 0 saturated carbocycles. The zero-order valence-corrected chi connectivity index (χ0v) is 18.5. The highest BCUT2D eigenvalue weighted by molar-refractivity contribution is 7.13. The van der Waals surface area contributed by atoms with Crippen molar-refractivity contribution in [1.29, 1.82) is 0 Å². The Kier molecular flexibility index (Phi) is 7.49. The molecule has 0 aliphatic rings. The summed E-state index contributed by atoms with van der Waals surface area (Å²) >= 11 is 1.45. The summed E-state index contributed by atoms with van der Waals surface area (Å²) in [6.45, 7) is 4.73. The van der Waals surface area contributed by atoms with Crippen LogP contribution in [0.15, 0.2) is 35.7 Å². The van der Waals surface area contributed by atoms with E-state index in [4.69, 9.17) is 19.2 Å². The molecule has 0 spiro atoms. The van der Waals surface area contributed by atoms with Gasteiger partial charge in [0, 0.05) is 23.1 Å². The van der Waals surface area contributed by atoms with E-state index in [0.717, 1.165) is 10.6 Å². The molecule has 2 N–H and O–H groups in total. The summed E-state index contributed by atoms with van der Waals surface area (Å²) in [4.78, 5) is 16.8. The number of methoxy groups -OCH3 is 1. The Morgan fingerprint density at radius 2 is 1.81 bits per heavy atom. The fraction of sp³-hybridized carbons (Fsp3) is 0.304. The number of aliphatic hydroxyl groups excluding tert-OH is 1. The maximum absolute atomic E-state index is 12.1. The maximum Gasteiger partial charge on any atom is 0.341 e. The van der Waals surface area contributed by atoms with Gasteiger partial charge in [0.2, 0.25) is 0 Å². The van der Waals surface area contributed by atoms with Crippen LogP contribution >= 0.6 is 11.3 Å². The lowest BCUT2D eigenvalue weighted by molar-refractivity contribution is 0.0597. The first-order valence-corrected chi connectivity index (χ1v) is 10.8. The maximum atomic E-state index is 12.1. The molecule has 0 unspecified atom stereocenters. The number of aromatic nitrogens is 1. The number of aliphatic hydroxyl groups is 1. The number of phenolic OH excluding ortho intramolecular Hbond substituents is 1. The average molecular weight is 444 g/mol. The van der Waals surface area contributed by atoms with Crippen molar-refractivity contribution in [3.8, 4) is 39.1 Å². The van der Waals surface area contributed by atoms with Gasteiger partial charge in [-0.25, -0.2) is 9.78 Å². The molecule has 1 aromatic heterocycles. The van der Waals surface area contributed by atoms with Gasteiger partial charge in [-0.15, -0.1) is 11.3 Å². The van der Waals surface area contributed by atoms with Gasteiger partial charge in [0.1, 0.15) is 16.3 Å². The van der Waals surface area contributed by atoms with Gasteiger partial charge in [-0.05, 0) is 56.2 Å². The fourth-order valence-electron chi connectivity index (χ4n) is 3.14. The Hall–Kier alpha value is -3.10. The highest BCUT2D eigenvalue weighted by atomic mass is 32.1. The number of aromatic hydroxyl groups is 1. The van der Waals surface area contributed by atoms with E-state index < -0.39 is 5.97 Å². The van der Waals surface area contributed by atoms with Crippen LogP contribution in [-0.2, 0) is 11.2 Å². The number of hydrogen-bond acceptors (Lipinski definition) is 8. The average Bonchev–Trinajstić information content (AvgIpc) is 3.26. The second kappa shape index (κ2) is 10.3. The number of thiazole rings is 1. The third kappa shape index (κ3) is 4.98. The number of ether oxygens (including phenoxy) is 3. The van der Waals surface area contributed by atoms with E-state index in [1.807, 2.05) is 37.4 Å². The molecule has 3 rings (SSSR count). The SMILES string of the molecule is CCOc1ccc(-c2nc(-c3cc(CCO)c(O)c(C(=O)OC)c3)cs2)cc1OCC. The largest absolute Gasteiger partial charge is 0.507 e. The standard InChI is InChI=1S/C23H25NO6S/c1-4-29-19-7-6-15(12-20(19)30-5-2)22-24-18(13-31-22)16-10-14(8-9-25)21(26)17(11-16)23(27)28-3/h6-7,10-13,25-26H,4-5,8-9H2,1-3H3. The minimum absolute atomic E-state index is 0.0395. The van der Waals surface area contributed by atoms with Gasteiger partial charge in [0.15, 0.2) is 11.5 Å². The third-order valence-electron chi connectivity index (χ3n) is 4.57. The Bertz CT molecular complexity index is 1060. The van der Waals surface area contributed by atoms with E-state index in [2.05, 4.69) is 0 Å². The van der Waals surface area contributed by atoms with Gasteiger partial charge >= 0.3 is 5.97 Å². The zero-order valence-electron chi connectivity index (χ0n) is 17.7. The summed E-state index contributed by atoms with van der Waals surface area (Å²) in [5.74, 6) is 0.496. The van der Waals surface area contributed by atoms with Crippen LogP contribution in [0, 0.1) is 0 Å². The van der Waals surface area contributed by atoms with Crippen LogP contribution in [0.1, 0.15) is 29.8 Å². The van der Waals surface area contributed by atoms with E-state index >= 15 is 0 Å². The molecule has 0 fully saturated rings. The van der Waals surface area contributed by atoms with Crippen LogP contribution < -0.4 is 9.47 Å². The van der Waals surface area contributed by atoms with Crippen LogP contribution in [0.4, 0.5) is 0 Å². The van der Waals surface area contributed by atoms with Gasteiger partial charge in [-0.1, -0.05) is 0 Å². The first kappa shape index (κ1) is 22.6. The quantitative estimate of drug-likeness (QED) is 0.476. The third-order valence-corrected chi connectivity index (χ3v) is 5.46. The summed E-state index contributed by atoms with van der Waals surface area (Å²) in [6, 6.07) is 8.94. The number of rotatable bonds is 9. The van der Waals surface area contributed by atoms with Gasteiger partial charge < -0.3 is 24.4 Å². The number of hydrogen-bond donors (Lipinski definition) is 2. The summed E-state index contributed by atoms with van der Waals surface area (Å²) in [7, 11) is 1.25. The number of esters is 1. The minimum Gasteiger partial charge on any atom is -0.507 e. The summed E-state index contributed by atoms with van der Waals surface area (Å²) < 4.78 is 16.1. The van der Waals surface area contributed by atoms with Crippen LogP contribution in [0.2, 0.25) is 0 Å². The summed E-state index contributed by atoms with van der Waals surface area (Å²) in [5.41, 5.74) is 2.68. The molecule has 0 amide bonds. The van der Waals surface area contributed by atoms with Gasteiger partial charge in [-0.3, -0.25) is 0 Å². The van der Waals surface area contributed by atoms with E-state index in [1.54, 1.807) is 12.1 Å². The van der Waals surface area contributed by atoms with E-state index in [0.29, 0.717) is 41.5 Å². The Morgan fingerprint density at radius 1 is 1.06 bits per heavy atom. The molecule has 8 heteroatoms. The smallest absolute Gasteiger partial charge is 0.341 e. The molecule has 31 heavy (non-hydrogen) atoms. The van der Waals surface area contributed by atoms with E-state index in [1.165, 1.54) is 18.4 Å². The molecule has 0 radical (unpaired) electrons. The van der Waals surface area contributed by atoms with Crippen LogP contribution in [-0.4, -0.2) is 48.1 Å². The van der Waals surface area contributed by atoms with Crippen molar-refractivity contribution < 1.29 is 29.2 Å². The minimum atomic E-state index is -0.651. The zero-order chi connectivity index (χ0) is 22.4. The predicted octanol–water partition coefficient (Wildman–Crippen LogP) is 4.30. The Labute approximate surface area is 184 Å². The monoisotopic (exact) mass is 443 g/mol. The van der Waals surface area contributed by atoms with Crippen molar-refractivity contribution in [3.63, 3.8) is 0 Å². The van der Waals surface area contributed by atoms with Crippen molar-refractivity contribution in [2.75, 3.05) is 26.9 Å². The molecule has 7 nitrogen and oxygen atoms in total. The van der Waals surface area contributed by atoms with Gasteiger partial charge in [-0.2, -0.15) is 0 Å². The molecule has 0 saturated heterocycles. The number of phenols is 1. The molecule has 3 aromatic rings. The van der Waals surface area contributed by atoms with Crippen molar-refractivity contribution >= 4 is 17.3 Å². The summed E-state index contributed by atoms with van der Waals surface area (Å²) in [6.07, 6.45) is 0.206. The van der Waals surface area contributed by atoms with Crippen LogP contribution in [0.5, 0.6) is 17.2 Å². The molecular formula is C23H25NO6S. The first-order chi connectivity index (χ1) is 15.0. The van der Waals surface area contributed by atoms with Crippen molar-refractivity contribution in [3.05, 3.63) is 46.8 Å². The number of nitrogens with zero attached hydrogens (tertiary/aromatic N) is 1. The normalized spacial score (nSPS) is 10.7. The lowest BCUT2D eigenvalue weighted by Gasteiger charge is -2.11. The van der Waals surface area contributed by atoms with E-state index in [9.17, 15) is 15.0 Å². The molecule has 0 aliphatic heterocycles. The van der Waals surface area contributed by atoms with Crippen LogP contribution in [0.25, 0.3) is 21.8 Å². The molecule has 2 aromatic carbocycles. The Morgan fingerprint density at radius 3 is 2.48 bits per heavy atom. The second-order valence-electron chi connectivity index (χ2n) is 6.56. The lowest BCUT2D eigenvalue weighted by atomic mass is 10.0. The predicted molar refractivity (Wildman–Crippen MR) is 119 cm³/mol. The van der Waals surface area contributed by atoms with Crippen molar-refractivity contribution in [2.45, 2.75) is 20.3 Å². The van der Waals surface area contributed by atoms with Gasteiger partial charge in [0.05, 0.1) is 26.0 Å². The fourth-order valence-corrected chi connectivity index (χ4v) is 3.97. The Balaban J connectivity index is 2.01. The summed E-state index contributed by atoms with van der Waals surface area (Å²) in [5, 5.41) is 22.3. The number of benzene rings is 2. The first-order valence-electron chi connectivity index (χ1n) is 9.93. The molecule has 164 valence electrons. The topological polar surface area (TPSA) is 98.1 Å². The van der Waals surface area contributed by atoms with Crippen molar-refractivity contribution in [1.82, 2.24) is 4.98 Å². The lowest BCUT2D eigenvalue weighted by Crippen LogP contribution is -2.05. The highest BCUT2D eigenvalue weighted by Crippen LogP contribution is 2.37. The molecule has 0 bridgehead atoms. The number of carbonyl (C=O) groups is 1.